The average Bonchev–Trinajstić information content (AvgIpc) is 2.59. The van der Waals surface area contributed by atoms with E-state index in [1.807, 2.05) is 20.8 Å². The number of carbonyl (C=O) groups is 1. The van der Waals surface area contributed by atoms with Crippen LogP contribution in [0, 0.1) is 5.41 Å². The molecular formula is C13H25NO. The minimum atomic E-state index is -0.165. The lowest BCUT2D eigenvalue weighted by Crippen LogP contribution is -2.33. The van der Waals surface area contributed by atoms with Crippen molar-refractivity contribution >= 4 is 5.78 Å². The Morgan fingerprint density at radius 1 is 1.40 bits per heavy atom. The normalized spacial score (nSPS) is 23.3. The van der Waals surface area contributed by atoms with Crippen molar-refractivity contribution in [3.8, 4) is 0 Å². The number of carbonyl (C=O) groups excluding carboxylic acids is 1. The lowest BCUT2D eigenvalue weighted by molar-refractivity contribution is -0.126. The molecule has 1 rings (SSSR count). The smallest absolute Gasteiger partial charge is 0.139 e. The molecule has 1 unspecified atom stereocenters. The second-order valence-corrected chi connectivity index (χ2v) is 5.66. The molecule has 0 aromatic carbocycles. The van der Waals surface area contributed by atoms with E-state index in [0.717, 1.165) is 19.0 Å². The lowest BCUT2D eigenvalue weighted by Gasteiger charge is -2.24. The van der Waals surface area contributed by atoms with Gasteiger partial charge in [0.1, 0.15) is 5.78 Å². The van der Waals surface area contributed by atoms with Crippen LogP contribution in [0.1, 0.15) is 53.4 Å². The second kappa shape index (κ2) is 5.11. The Bertz CT molecular complexity index is 217. The summed E-state index contributed by atoms with van der Waals surface area (Å²) < 4.78 is 0. The van der Waals surface area contributed by atoms with Gasteiger partial charge in [-0.25, -0.2) is 0 Å². The summed E-state index contributed by atoms with van der Waals surface area (Å²) in [6.07, 6.45) is 4.58. The molecule has 0 bridgehead atoms. The van der Waals surface area contributed by atoms with E-state index in [4.69, 9.17) is 0 Å². The second-order valence-electron chi connectivity index (χ2n) is 5.66. The number of nitrogens with zero attached hydrogens (tertiary/aromatic N) is 1. The largest absolute Gasteiger partial charge is 0.300 e. The van der Waals surface area contributed by atoms with Crippen molar-refractivity contribution < 1.29 is 4.79 Å². The van der Waals surface area contributed by atoms with Crippen LogP contribution in [0.3, 0.4) is 0 Å². The van der Waals surface area contributed by atoms with Crippen LogP contribution in [0.15, 0.2) is 0 Å². The summed E-state index contributed by atoms with van der Waals surface area (Å²) in [5.41, 5.74) is -0.165. The zero-order valence-electron chi connectivity index (χ0n) is 10.7. The van der Waals surface area contributed by atoms with Crippen LogP contribution in [0.4, 0.5) is 0 Å². The van der Waals surface area contributed by atoms with Gasteiger partial charge in [-0.05, 0) is 25.8 Å². The maximum absolute atomic E-state index is 11.8. The highest BCUT2D eigenvalue weighted by Gasteiger charge is 2.26. The van der Waals surface area contributed by atoms with E-state index < -0.39 is 0 Å². The van der Waals surface area contributed by atoms with E-state index in [-0.39, 0.29) is 5.41 Å². The van der Waals surface area contributed by atoms with Crippen LogP contribution >= 0.6 is 0 Å². The number of Topliss-reactive ketones (excluding diaryl/α,β-unsaturated/α-hetero) is 1. The van der Waals surface area contributed by atoms with E-state index in [9.17, 15) is 4.79 Å². The first-order valence-corrected chi connectivity index (χ1v) is 6.22. The molecule has 0 aliphatic carbocycles. The number of likely N-dealkylation sites (tertiary alicyclic amines) is 1. The van der Waals surface area contributed by atoms with Crippen LogP contribution in [0.2, 0.25) is 0 Å². The quantitative estimate of drug-likeness (QED) is 0.712. The minimum absolute atomic E-state index is 0.165. The lowest BCUT2D eigenvalue weighted by atomic mass is 9.89. The van der Waals surface area contributed by atoms with Crippen LogP contribution in [-0.4, -0.2) is 29.8 Å². The van der Waals surface area contributed by atoms with Gasteiger partial charge in [-0.15, -0.1) is 0 Å². The zero-order chi connectivity index (χ0) is 11.5. The molecule has 1 saturated heterocycles. The maximum atomic E-state index is 11.8. The summed E-state index contributed by atoms with van der Waals surface area (Å²) in [5, 5.41) is 0. The standard InChI is InChI=1S/C13H25NO/c1-5-11-7-6-9-14(11)10-8-12(15)13(2,3)4/h11H,5-10H2,1-4H3. The molecule has 1 fully saturated rings. The highest BCUT2D eigenvalue weighted by Crippen LogP contribution is 2.22. The van der Waals surface area contributed by atoms with E-state index in [1.165, 1.54) is 25.8 Å². The van der Waals surface area contributed by atoms with Gasteiger partial charge in [0.25, 0.3) is 0 Å². The number of ketones is 1. The molecule has 1 aliphatic rings. The molecule has 1 heterocycles. The number of hydrogen-bond acceptors (Lipinski definition) is 2. The van der Waals surface area contributed by atoms with Gasteiger partial charge >= 0.3 is 0 Å². The summed E-state index contributed by atoms with van der Waals surface area (Å²) in [4.78, 5) is 14.3. The van der Waals surface area contributed by atoms with E-state index in [0.29, 0.717) is 5.78 Å². The zero-order valence-corrected chi connectivity index (χ0v) is 10.7. The van der Waals surface area contributed by atoms with Gasteiger partial charge in [0.05, 0.1) is 0 Å². The Kier molecular flexibility index (Phi) is 4.32. The van der Waals surface area contributed by atoms with E-state index >= 15 is 0 Å². The molecule has 1 atom stereocenters. The van der Waals surface area contributed by atoms with Crippen molar-refractivity contribution in [2.45, 2.75) is 59.4 Å². The summed E-state index contributed by atoms with van der Waals surface area (Å²) in [7, 11) is 0. The Hall–Kier alpha value is -0.370. The summed E-state index contributed by atoms with van der Waals surface area (Å²) >= 11 is 0. The first-order chi connectivity index (χ1) is 6.95. The topological polar surface area (TPSA) is 20.3 Å². The average molecular weight is 211 g/mol. The van der Waals surface area contributed by atoms with Crippen molar-refractivity contribution in [2.75, 3.05) is 13.1 Å². The Morgan fingerprint density at radius 3 is 2.60 bits per heavy atom. The molecule has 1 aliphatic heterocycles. The van der Waals surface area contributed by atoms with Crippen molar-refractivity contribution in [3.63, 3.8) is 0 Å². The van der Waals surface area contributed by atoms with Gasteiger partial charge in [0.2, 0.25) is 0 Å². The Labute approximate surface area is 94.0 Å². The molecule has 0 aromatic heterocycles. The molecule has 88 valence electrons. The summed E-state index contributed by atoms with van der Waals surface area (Å²) in [6, 6.07) is 0.734. The predicted molar refractivity (Wildman–Crippen MR) is 64.0 cm³/mol. The van der Waals surface area contributed by atoms with Gasteiger partial charge < -0.3 is 0 Å². The van der Waals surface area contributed by atoms with E-state index in [1.54, 1.807) is 0 Å². The number of rotatable bonds is 4. The van der Waals surface area contributed by atoms with Crippen LogP contribution in [0.5, 0.6) is 0 Å². The fourth-order valence-corrected chi connectivity index (χ4v) is 2.27. The molecule has 0 spiro atoms. The molecule has 2 nitrogen and oxygen atoms in total. The van der Waals surface area contributed by atoms with Crippen molar-refractivity contribution in [1.82, 2.24) is 4.90 Å². The molecule has 0 amide bonds. The van der Waals surface area contributed by atoms with Gasteiger partial charge in [0, 0.05) is 24.4 Å². The van der Waals surface area contributed by atoms with Crippen molar-refractivity contribution in [2.24, 2.45) is 5.41 Å². The van der Waals surface area contributed by atoms with Gasteiger partial charge in [0.15, 0.2) is 0 Å². The molecule has 0 saturated carbocycles. The first kappa shape index (κ1) is 12.7. The first-order valence-electron chi connectivity index (χ1n) is 6.22. The predicted octanol–water partition coefficient (Wildman–Crippen LogP) is 2.87. The van der Waals surface area contributed by atoms with Crippen LogP contribution in [0.25, 0.3) is 0 Å². The molecule has 2 heteroatoms. The third-order valence-electron chi connectivity index (χ3n) is 3.43. The molecule has 0 radical (unpaired) electrons. The monoisotopic (exact) mass is 211 g/mol. The molecule has 15 heavy (non-hydrogen) atoms. The van der Waals surface area contributed by atoms with Gasteiger partial charge in [-0.3, -0.25) is 9.69 Å². The fraction of sp³-hybridized carbons (Fsp3) is 0.923. The summed E-state index contributed by atoms with van der Waals surface area (Å²) in [5.74, 6) is 0.393. The van der Waals surface area contributed by atoms with Crippen molar-refractivity contribution in [3.05, 3.63) is 0 Å². The number of hydrogen-bond donors (Lipinski definition) is 0. The molecule has 0 aromatic rings. The van der Waals surface area contributed by atoms with Crippen LogP contribution < -0.4 is 0 Å². The highest BCUT2D eigenvalue weighted by atomic mass is 16.1. The van der Waals surface area contributed by atoms with E-state index in [2.05, 4.69) is 11.8 Å². The summed E-state index contributed by atoms with van der Waals surface area (Å²) in [6.45, 7) is 10.4. The Balaban J connectivity index is 2.34. The van der Waals surface area contributed by atoms with Crippen LogP contribution in [-0.2, 0) is 4.79 Å². The van der Waals surface area contributed by atoms with Gasteiger partial charge in [-0.2, -0.15) is 0 Å². The van der Waals surface area contributed by atoms with Crippen molar-refractivity contribution in [1.29, 1.82) is 0 Å². The molecular weight excluding hydrogens is 186 g/mol. The third kappa shape index (κ3) is 3.60. The van der Waals surface area contributed by atoms with Gasteiger partial charge in [-0.1, -0.05) is 27.7 Å². The maximum Gasteiger partial charge on any atom is 0.139 e. The molecule has 0 N–H and O–H groups in total. The SMILES string of the molecule is CCC1CCCN1CCC(=O)C(C)(C)C. The minimum Gasteiger partial charge on any atom is -0.300 e. The fourth-order valence-electron chi connectivity index (χ4n) is 2.27. The third-order valence-corrected chi connectivity index (χ3v) is 3.43. The Morgan fingerprint density at radius 2 is 2.07 bits per heavy atom. The highest BCUT2D eigenvalue weighted by molar-refractivity contribution is 5.83.